The van der Waals surface area contributed by atoms with Gasteiger partial charge in [0.2, 0.25) is 0 Å². The first-order valence-electron chi connectivity index (χ1n) is 13.5. The van der Waals surface area contributed by atoms with Crippen LogP contribution in [-0.2, 0) is 7.05 Å². The lowest BCUT2D eigenvalue weighted by atomic mass is 10.1. The van der Waals surface area contributed by atoms with Crippen LogP contribution in [-0.4, -0.2) is 27.9 Å². The Kier molecular flexibility index (Phi) is 7.78. The summed E-state index contributed by atoms with van der Waals surface area (Å²) in [4.78, 5) is 20.6. The molecule has 202 valence electrons. The van der Waals surface area contributed by atoms with Gasteiger partial charge in [0, 0.05) is 29.9 Å². The number of nitrogens with zero attached hydrogens (tertiary/aromatic N) is 3. The summed E-state index contributed by atoms with van der Waals surface area (Å²) in [7, 11) is 1.88. The molecule has 0 saturated heterocycles. The zero-order valence-electron chi connectivity index (χ0n) is 22.8. The maximum atomic E-state index is 13.3. The fraction of sp³-hybridized carbons (Fsp3) is 0.182. The number of hydrogen-bond donors (Lipinski definition) is 0. The second kappa shape index (κ2) is 11.6. The smallest absolute Gasteiger partial charge is 0.268 e. The van der Waals surface area contributed by atoms with Crippen LogP contribution in [0.1, 0.15) is 25.0 Å². The molecule has 0 bridgehead atoms. The number of hydrogen-bond acceptors (Lipinski definition) is 6. The molecule has 4 aromatic rings. The van der Waals surface area contributed by atoms with Crippen LogP contribution in [0.15, 0.2) is 106 Å². The van der Waals surface area contributed by atoms with E-state index in [2.05, 4.69) is 121 Å². The zero-order chi connectivity index (χ0) is 27.6. The molecule has 6 rings (SSSR count). The van der Waals surface area contributed by atoms with E-state index in [1.165, 1.54) is 32.3 Å². The Labute approximate surface area is 247 Å². The van der Waals surface area contributed by atoms with Gasteiger partial charge in [0.1, 0.15) is 5.37 Å². The molecule has 0 amide bonds. The summed E-state index contributed by atoms with van der Waals surface area (Å²) in [6, 6.07) is 29.7. The van der Waals surface area contributed by atoms with Crippen molar-refractivity contribution in [3.05, 3.63) is 127 Å². The third-order valence-electron chi connectivity index (χ3n) is 7.15. The molecule has 3 aromatic carbocycles. The van der Waals surface area contributed by atoms with Crippen molar-refractivity contribution in [3.8, 4) is 0 Å². The molecule has 0 saturated carbocycles. The number of rotatable bonds is 6. The van der Waals surface area contributed by atoms with Gasteiger partial charge < -0.3 is 14.4 Å². The second-order valence-corrected chi connectivity index (χ2v) is 12.8. The van der Waals surface area contributed by atoms with Gasteiger partial charge in [-0.25, -0.2) is 0 Å². The fourth-order valence-corrected chi connectivity index (χ4v) is 8.82. The molecule has 0 aliphatic carbocycles. The van der Waals surface area contributed by atoms with Crippen LogP contribution in [0.3, 0.4) is 0 Å². The average molecular weight is 582 g/mol. The van der Waals surface area contributed by atoms with E-state index in [1.54, 1.807) is 27.7 Å². The Morgan fingerprint density at radius 1 is 0.825 bits per heavy atom. The summed E-state index contributed by atoms with van der Waals surface area (Å²) in [6.45, 7) is 6.11. The number of anilines is 1. The van der Waals surface area contributed by atoms with Gasteiger partial charge >= 0.3 is 0 Å². The number of aromatic nitrogens is 1. The molecule has 40 heavy (non-hydrogen) atoms. The molecule has 0 spiro atoms. The molecule has 0 radical (unpaired) electrons. The topological polar surface area (TPSA) is 28.5 Å². The van der Waals surface area contributed by atoms with Gasteiger partial charge in [-0.15, -0.1) is 11.3 Å². The van der Waals surface area contributed by atoms with Crippen LogP contribution in [0.4, 0.5) is 5.69 Å². The van der Waals surface area contributed by atoms with Crippen molar-refractivity contribution in [2.24, 2.45) is 7.05 Å². The molecule has 7 heteroatoms. The lowest BCUT2D eigenvalue weighted by molar-refractivity contribution is 0.455. The largest absolute Gasteiger partial charge is 0.354 e. The molecule has 1 atom stereocenters. The fourth-order valence-electron chi connectivity index (χ4n) is 5.16. The number of fused-ring (bicyclic) bond motifs is 1. The Bertz CT molecular complexity index is 1770. The van der Waals surface area contributed by atoms with Crippen molar-refractivity contribution in [1.82, 2.24) is 9.47 Å². The molecule has 2 aliphatic rings. The molecule has 0 fully saturated rings. The van der Waals surface area contributed by atoms with Crippen LogP contribution >= 0.6 is 34.9 Å². The van der Waals surface area contributed by atoms with Gasteiger partial charge in [-0.3, -0.25) is 4.79 Å². The van der Waals surface area contributed by atoms with Crippen molar-refractivity contribution >= 4 is 63.3 Å². The van der Waals surface area contributed by atoms with Gasteiger partial charge in [-0.1, -0.05) is 96.3 Å². The molecule has 1 aromatic heterocycles. The van der Waals surface area contributed by atoms with E-state index in [1.807, 2.05) is 24.9 Å². The predicted octanol–water partition coefficient (Wildman–Crippen LogP) is 6.40. The van der Waals surface area contributed by atoms with Crippen LogP contribution < -0.4 is 19.7 Å². The number of thiazole rings is 1. The zero-order valence-corrected chi connectivity index (χ0v) is 25.2. The summed E-state index contributed by atoms with van der Waals surface area (Å²) < 4.78 is 3.52. The summed E-state index contributed by atoms with van der Waals surface area (Å²) >= 11 is 5.18. The van der Waals surface area contributed by atoms with Gasteiger partial charge in [0.15, 0.2) is 0 Å². The number of para-hydroxylation sites is 1. The Balaban J connectivity index is 1.38. The molecule has 2 aliphatic heterocycles. The highest BCUT2D eigenvalue weighted by Crippen LogP contribution is 2.48. The van der Waals surface area contributed by atoms with Crippen LogP contribution in [0, 0.1) is 0 Å². The van der Waals surface area contributed by atoms with E-state index < -0.39 is 0 Å². The van der Waals surface area contributed by atoms with Crippen molar-refractivity contribution < 1.29 is 0 Å². The minimum absolute atomic E-state index is 0.0437. The summed E-state index contributed by atoms with van der Waals surface area (Å²) in [5.74, 6) is 0. The monoisotopic (exact) mass is 581 g/mol. The Morgan fingerprint density at radius 2 is 1.50 bits per heavy atom. The molecule has 0 N–H and O–H groups in total. The molecule has 3 heterocycles. The van der Waals surface area contributed by atoms with Crippen molar-refractivity contribution in [3.63, 3.8) is 0 Å². The SMILES string of the molecule is CCN1C(=CC=c2sc(=CC3SC(c4ccccc4)=C(c4ccccc4)N3CC)n(C)c2=O)Sc2ccccc21. The quantitative estimate of drug-likeness (QED) is 0.263. The molecular formula is C33H31N3OS3. The number of benzene rings is 3. The van der Waals surface area contributed by atoms with E-state index in [9.17, 15) is 4.79 Å². The lowest BCUT2D eigenvalue weighted by Gasteiger charge is -2.25. The van der Waals surface area contributed by atoms with E-state index in [0.29, 0.717) is 0 Å². The lowest BCUT2D eigenvalue weighted by Crippen LogP contribution is -2.31. The highest BCUT2D eigenvalue weighted by Gasteiger charge is 2.32. The van der Waals surface area contributed by atoms with Crippen LogP contribution in [0.25, 0.3) is 22.8 Å². The van der Waals surface area contributed by atoms with Gasteiger partial charge in [0.25, 0.3) is 5.56 Å². The third kappa shape index (κ3) is 4.98. The molecule has 1 unspecified atom stereocenters. The minimum atomic E-state index is 0.0437. The maximum Gasteiger partial charge on any atom is 0.268 e. The number of thioether (sulfide) groups is 2. The highest BCUT2D eigenvalue weighted by atomic mass is 32.2. The second-order valence-electron chi connectivity index (χ2n) is 9.53. The first kappa shape index (κ1) is 26.8. The van der Waals surface area contributed by atoms with Gasteiger partial charge in [-0.2, -0.15) is 0 Å². The Morgan fingerprint density at radius 3 is 2.20 bits per heavy atom. The van der Waals surface area contributed by atoms with E-state index in [0.717, 1.165) is 27.3 Å². The molecule has 4 nitrogen and oxygen atoms in total. The normalized spacial score (nSPS) is 18.9. The predicted molar refractivity (Wildman–Crippen MR) is 175 cm³/mol. The highest BCUT2D eigenvalue weighted by molar-refractivity contribution is 8.09. The van der Waals surface area contributed by atoms with Crippen molar-refractivity contribution in [1.29, 1.82) is 0 Å². The molecular weight excluding hydrogens is 551 g/mol. The minimum Gasteiger partial charge on any atom is -0.354 e. The van der Waals surface area contributed by atoms with Gasteiger partial charge in [0.05, 0.1) is 25.6 Å². The Hall–Kier alpha value is -3.39. The summed E-state index contributed by atoms with van der Waals surface area (Å²) in [5.41, 5.74) is 4.95. The summed E-state index contributed by atoms with van der Waals surface area (Å²) in [6.07, 6.45) is 6.34. The third-order valence-corrected chi connectivity index (χ3v) is 10.7. The van der Waals surface area contributed by atoms with Crippen molar-refractivity contribution in [2.45, 2.75) is 24.1 Å². The average Bonchev–Trinajstić information content (AvgIpc) is 3.64. The first-order valence-corrected chi connectivity index (χ1v) is 16.0. The van der Waals surface area contributed by atoms with Gasteiger partial charge in [-0.05, 0) is 55.3 Å². The first-order chi connectivity index (χ1) is 19.6. The van der Waals surface area contributed by atoms with Crippen LogP contribution in [0.2, 0.25) is 0 Å². The summed E-state index contributed by atoms with van der Waals surface area (Å²) in [5, 5.41) is 1.23. The van der Waals surface area contributed by atoms with E-state index >= 15 is 0 Å². The number of allylic oxidation sites excluding steroid dienone is 1. The standard InChI is InChI=1S/C33H31N3OS3/c1-4-35-25-18-12-13-19-26(25)38-28(35)21-20-27-33(37)34(3)29(39-27)22-30-36(5-2)31(23-14-8-6-9-15-23)32(40-30)24-16-10-7-11-17-24/h6-22,30H,4-5H2,1-3H3. The van der Waals surface area contributed by atoms with E-state index in [4.69, 9.17) is 0 Å². The van der Waals surface area contributed by atoms with Crippen LogP contribution in [0.5, 0.6) is 0 Å². The van der Waals surface area contributed by atoms with Crippen molar-refractivity contribution in [2.75, 3.05) is 18.0 Å². The van der Waals surface area contributed by atoms with E-state index in [-0.39, 0.29) is 10.9 Å². The maximum absolute atomic E-state index is 13.3.